The SMILES string of the molecule is NCCCCCCC(=O)Nc1cccc2ccccc12. The second-order valence-electron chi connectivity index (χ2n) is 5.03. The van der Waals surface area contributed by atoms with E-state index in [0.717, 1.165) is 48.7 Å². The van der Waals surface area contributed by atoms with E-state index in [1.165, 1.54) is 0 Å². The van der Waals surface area contributed by atoms with Gasteiger partial charge in [-0.2, -0.15) is 0 Å². The van der Waals surface area contributed by atoms with Crippen molar-refractivity contribution >= 4 is 22.4 Å². The van der Waals surface area contributed by atoms with Crippen LogP contribution < -0.4 is 11.1 Å². The summed E-state index contributed by atoms with van der Waals surface area (Å²) >= 11 is 0. The number of rotatable bonds is 7. The third-order valence-corrected chi connectivity index (χ3v) is 3.42. The van der Waals surface area contributed by atoms with E-state index in [4.69, 9.17) is 5.73 Å². The first-order chi connectivity index (χ1) is 9.81. The highest BCUT2D eigenvalue weighted by atomic mass is 16.1. The minimum atomic E-state index is 0.0918. The van der Waals surface area contributed by atoms with E-state index in [9.17, 15) is 4.79 Å². The topological polar surface area (TPSA) is 55.1 Å². The third kappa shape index (κ3) is 4.07. The Morgan fingerprint density at radius 2 is 1.70 bits per heavy atom. The van der Waals surface area contributed by atoms with Gasteiger partial charge in [0.2, 0.25) is 5.91 Å². The second-order valence-corrected chi connectivity index (χ2v) is 5.03. The monoisotopic (exact) mass is 270 g/mol. The standard InChI is InChI=1S/C17H22N2O/c18-13-6-2-1-3-12-17(20)19-16-11-7-9-14-8-4-5-10-15(14)16/h4-5,7-11H,1-3,6,12-13,18H2,(H,19,20). The molecule has 0 saturated carbocycles. The Morgan fingerprint density at radius 1 is 0.950 bits per heavy atom. The van der Waals surface area contributed by atoms with E-state index in [2.05, 4.69) is 17.4 Å². The smallest absolute Gasteiger partial charge is 0.224 e. The van der Waals surface area contributed by atoms with Gasteiger partial charge in [-0.1, -0.05) is 49.2 Å². The molecule has 0 aliphatic carbocycles. The highest BCUT2D eigenvalue weighted by Gasteiger charge is 2.05. The maximum atomic E-state index is 12.0. The van der Waals surface area contributed by atoms with Crippen molar-refractivity contribution in [3.05, 3.63) is 42.5 Å². The molecule has 0 saturated heterocycles. The quantitative estimate of drug-likeness (QED) is 0.754. The van der Waals surface area contributed by atoms with Gasteiger partial charge in [0.1, 0.15) is 0 Å². The molecule has 3 heteroatoms. The normalized spacial score (nSPS) is 10.7. The van der Waals surface area contributed by atoms with Crippen LogP contribution in [0.2, 0.25) is 0 Å². The number of nitrogens with one attached hydrogen (secondary N) is 1. The molecule has 0 aromatic heterocycles. The predicted molar refractivity (Wildman–Crippen MR) is 84.7 cm³/mol. The Bertz CT molecular complexity index is 560. The lowest BCUT2D eigenvalue weighted by molar-refractivity contribution is -0.116. The summed E-state index contributed by atoms with van der Waals surface area (Å²) in [6, 6.07) is 14.1. The maximum absolute atomic E-state index is 12.0. The molecule has 106 valence electrons. The molecule has 0 aliphatic rings. The van der Waals surface area contributed by atoms with Crippen LogP contribution in [0.4, 0.5) is 5.69 Å². The van der Waals surface area contributed by atoms with Crippen LogP contribution in [-0.4, -0.2) is 12.5 Å². The molecule has 0 fully saturated rings. The van der Waals surface area contributed by atoms with Gasteiger partial charge in [-0.3, -0.25) is 4.79 Å². The molecule has 2 rings (SSSR count). The lowest BCUT2D eigenvalue weighted by Crippen LogP contribution is -2.11. The van der Waals surface area contributed by atoms with Crippen molar-refractivity contribution in [3.63, 3.8) is 0 Å². The van der Waals surface area contributed by atoms with Gasteiger partial charge in [0, 0.05) is 17.5 Å². The number of carbonyl (C=O) groups is 1. The number of unbranched alkanes of at least 4 members (excludes halogenated alkanes) is 3. The molecule has 20 heavy (non-hydrogen) atoms. The Labute approximate surface area is 120 Å². The fourth-order valence-electron chi connectivity index (χ4n) is 2.33. The minimum absolute atomic E-state index is 0.0918. The zero-order chi connectivity index (χ0) is 14.2. The molecule has 0 heterocycles. The molecule has 0 aliphatic heterocycles. The summed E-state index contributed by atoms with van der Waals surface area (Å²) in [4.78, 5) is 12.0. The average Bonchev–Trinajstić information content (AvgIpc) is 2.47. The number of amides is 1. The molecular weight excluding hydrogens is 248 g/mol. The first-order valence-corrected chi connectivity index (χ1v) is 7.29. The summed E-state index contributed by atoms with van der Waals surface area (Å²) < 4.78 is 0. The van der Waals surface area contributed by atoms with Crippen LogP contribution in [0.5, 0.6) is 0 Å². The molecule has 1 amide bonds. The molecule has 2 aromatic rings. The van der Waals surface area contributed by atoms with E-state index in [0.29, 0.717) is 6.42 Å². The maximum Gasteiger partial charge on any atom is 0.224 e. The van der Waals surface area contributed by atoms with Crippen molar-refractivity contribution < 1.29 is 4.79 Å². The van der Waals surface area contributed by atoms with Crippen LogP contribution in [0.3, 0.4) is 0 Å². The van der Waals surface area contributed by atoms with Crippen LogP contribution in [-0.2, 0) is 4.79 Å². The minimum Gasteiger partial charge on any atom is -0.330 e. The van der Waals surface area contributed by atoms with Gasteiger partial charge < -0.3 is 11.1 Å². The summed E-state index contributed by atoms with van der Waals surface area (Å²) in [5, 5.41) is 5.25. The number of benzene rings is 2. The molecule has 2 aromatic carbocycles. The number of nitrogens with two attached hydrogens (primary N) is 1. The molecular formula is C17H22N2O. The largest absolute Gasteiger partial charge is 0.330 e. The van der Waals surface area contributed by atoms with Gasteiger partial charge in [-0.05, 0) is 30.8 Å². The Kier molecular flexibility index (Phi) is 5.56. The Balaban J connectivity index is 1.90. The number of anilines is 1. The van der Waals surface area contributed by atoms with Crippen molar-refractivity contribution in [2.75, 3.05) is 11.9 Å². The van der Waals surface area contributed by atoms with Gasteiger partial charge >= 0.3 is 0 Å². The van der Waals surface area contributed by atoms with Crippen molar-refractivity contribution in [1.82, 2.24) is 0 Å². The van der Waals surface area contributed by atoms with Gasteiger partial charge in [-0.25, -0.2) is 0 Å². The zero-order valence-corrected chi connectivity index (χ0v) is 11.8. The summed E-state index contributed by atoms with van der Waals surface area (Å²) in [5.74, 6) is 0.0918. The van der Waals surface area contributed by atoms with E-state index in [1.54, 1.807) is 0 Å². The number of hydrogen-bond acceptors (Lipinski definition) is 2. The number of hydrogen-bond donors (Lipinski definition) is 2. The molecule has 0 spiro atoms. The van der Waals surface area contributed by atoms with Crippen molar-refractivity contribution in [1.29, 1.82) is 0 Å². The zero-order valence-electron chi connectivity index (χ0n) is 11.8. The molecule has 0 radical (unpaired) electrons. The molecule has 0 bridgehead atoms. The van der Waals surface area contributed by atoms with Gasteiger partial charge in [-0.15, -0.1) is 0 Å². The molecule has 0 atom stereocenters. The lowest BCUT2D eigenvalue weighted by atomic mass is 10.1. The van der Waals surface area contributed by atoms with Crippen LogP contribution in [0, 0.1) is 0 Å². The van der Waals surface area contributed by atoms with Crippen molar-refractivity contribution in [3.8, 4) is 0 Å². The Morgan fingerprint density at radius 3 is 2.55 bits per heavy atom. The summed E-state index contributed by atoms with van der Waals surface area (Å²) in [5.41, 5.74) is 6.34. The van der Waals surface area contributed by atoms with Crippen LogP contribution >= 0.6 is 0 Å². The first kappa shape index (κ1) is 14.5. The summed E-state index contributed by atoms with van der Waals surface area (Å²) in [6.07, 6.45) is 4.73. The Hall–Kier alpha value is -1.87. The summed E-state index contributed by atoms with van der Waals surface area (Å²) in [7, 11) is 0. The number of fused-ring (bicyclic) bond motifs is 1. The van der Waals surface area contributed by atoms with Crippen molar-refractivity contribution in [2.45, 2.75) is 32.1 Å². The molecule has 3 N–H and O–H groups in total. The lowest BCUT2D eigenvalue weighted by Gasteiger charge is -2.08. The molecule has 3 nitrogen and oxygen atoms in total. The fraction of sp³-hybridized carbons (Fsp3) is 0.353. The van der Waals surface area contributed by atoms with E-state index in [-0.39, 0.29) is 5.91 Å². The fourth-order valence-corrected chi connectivity index (χ4v) is 2.33. The van der Waals surface area contributed by atoms with Crippen LogP contribution in [0.1, 0.15) is 32.1 Å². The highest BCUT2D eigenvalue weighted by Crippen LogP contribution is 2.23. The second kappa shape index (κ2) is 7.65. The van der Waals surface area contributed by atoms with Gasteiger partial charge in [0.05, 0.1) is 0 Å². The van der Waals surface area contributed by atoms with Crippen LogP contribution in [0.15, 0.2) is 42.5 Å². The van der Waals surface area contributed by atoms with E-state index >= 15 is 0 Å². The van der Waals surface area contributed by atoms with E-state index < -0.39 is 0 Å². The van der Waals surface area contributed by atoms with Gasteiger partial charge in [0.15, 0.2) is 0 Å². The number of carbonyl (C=O) groups excluding carboxylic acids is 1. The molecule has 0 unspecified atom stereocenters. The third-order valence-electron chi connectivity index (χ3n) is 3.42. The van der Waals surface area contributed by atoms with Crippen LogP contribution in [0.25, 0.3) is 10.8 Å². The average molecular weight is 270 g/mol. The summed E-state index contributed by atoms with van der Waals surface area (Å²) in [6.45, 7) is 0.738. The van der Waals surface area contributed by atoms with Gasteiger partial charge in [0.25, 0.3) is 0 Å². The van der Waals surface area contributed by atoms with Crippen molar-refractivity contribution in [2.24, 2.45) is 5.73 Å². The highest BCUT2D eigenvalue weighted by molar-refractivity contribution is 6.02. The first-order valence-electron chi connectivity index (χ1n) is 7.29. The van der Waals surface area contributed by atoms with E-state index in [1.807, 2.05) is 30.3 Å². The predicted octanol–water partition coefficient (Wildman–Crippen LogP) is 3.69.